The first-order chi connectivity index (χ1) is 4.05. The van der Waals surface area contributed by atoms with Gasteiger partial charge in [0.05, 0.1) is 5.25 Å². The maximum atomic E-state index is 10.7. The third-order valence-corrected chi connectivity index (χ3v) is 3.32. The van der Waals surface area contributed by atoms with Crippen molar-refractivity contribution in [3.8, 4) is 0 Å². The Bertz CT molecular complexity index is 194. The van der Waals surface area contributed by atoms with E-state index in [2.05, 4.69) is 0 Å². The third kappa shape index (κ3) is 1.43. The van der Waals surface area contributed by atoms with Crippen LogP contribution in [-0.2, 0) is 9.84 Å². The second-order valence-corrected chi connectivity index (χ2v) is 4.81. The molecular formula is C5H10O3S. The summed E-state index contributed by atoms with van der Waals surface area (Å²) in [5.41, 5.74) is 0. The first-order valence-corrected chi connectivity index (χ1v) is 4.81. The van der Waals surface area contributed by atoms with Gasteiger partial charge in [-0.2, -0.15) is 0 Å². The maximum absolute atomic E-state index is 10.7. The zero-order valence-corrected chi connectivity index (χ0v) is 6.06. The van der Waals surface area contributed by atoms with Crippen LogP contribution < -0.4 is 0 Å². The highest BCUT2D eigenvalue weighted by molar-refractivity contribution is 7.91. The summed E-state index contributed by atoms with van der Waals surface area (Å²) in [6.45, 7) is 0.0116. The molecule has 54 valence electrons. The minimum Gasteiger partial charge on any atom is -0.396 e. The van der Waals surface area contributed by atoms with Gasteiger partial charge in [-0.1, -0.05) is 0 Å². The van der Waals surface area contributed by atoms with Crippen LogP contribution in [0.3, 0.4) is 0 Å². The quantitative estimate of drug-likeness (QED) is 0.572. The monoisotopic (exact) mass is 150 g/mol. The van der Waals surface area contributed by atoms with Gasteiger partial charge in [-0.25, -0.2) is 8.42 Å². The summed E-state index contributed by atoms with van der Waals surface area (Å²) in [6, 6.07) is 0. The normalized spacial score (nSPS) is 34.4. The third-order valence-electron chi connectivity index (χ3n) is 1.64. The Balaban J connectivity index is 2.53. The SMILES string of the molecule is CS(=O)(=O)[C@@H]1C[C@@H]1CO. The van der Waals surface area contributed by atoms with E-state index >= 15 is 0 Å². The summed E-state index contributed by atoms with van der Waals surface area (Å²) in [7, 11) is -2.85. The van der Waals surface area contributed by atoms with Crippen LogP contribution in [0, 0.1) is 5.92 Å². The van der Waals surface area contributed by atoms with Gasteiger partial charge in [-0.15, -0.1) is 0 Å². The van der Waals surface area contributed by atoms with E-state index in [9.17, 15) is 8.42 Å². The Morgan fingerprint density at radius 3 is 2.33 bits per heavy atom. The summed E-state index contributed by atoms with van der Waals surface area (Å²) >= 11 is 0. The molecule has 0 radical (unpaired) electrons. The highest BCUT2D eigenvalue weighted by Gasteiger charge is 2.44. The molecule has 0 spiro atoms. The van der Waals surface area contributed by atoms with Crippen LogP contribution in [0.4, 0.5) is 0 Å². The van der Waals surface area contributed by atoms with Crippen LogP contribution >= 0.6 is 0 Å². The molecule has 0 aromatic heterocycles. The summed E-state index contributed by atoms with van der Waals surface area (Å²) in [5.74, 6) is 0.0278. The van der Waals surface area contributed by atoms with Crippen molar-refractivity contribution in [1.82, 2.24) is 0 Å². The molecule has 1 aliphatic carbocycles. The van der Waals surface area contributed by atoms with Crippen LogP contribution in [0.5, 0.6) is 0 Å². The highest BCUT2D eigenvalue weighted by Crippen LogP contribution is 2.35. The molecule has 3 nitrogen and oxygen atoms in total. The Morgan fingerprint density at radius 2 is 2.22 bits per heavy atom. The Morgan fingerprint density at radius 1 is 1.67 bits per heavy atom. The number of rotatable bonds is 2. The second kappa shape index (κ2) is 1.95. The van der Waals surface area contributed by atoms with Crippen molar-refractivity contribution in [3.63, 3.8) is 0 Å². The van der Waals surface area contributed by atoms with Gasteiger partial charge >= 0.3 is 0 Å². The molecule has 0 bridgehead atoms. The van der Waals surface area contributed by atoms with E-state index in [1.165, 1.54) is 6.26 Å². The molecule has 0 amide bonds. The number of hydrogen-bond acceptors (Lipinski definition) is 3. The smallest absolute Gasteiger partial charge is 0.150 e. The summed E-state index contributed by atoms with van der Waals surface area (Å²) in [4.78, 5) is 0. The van der Waals surface area contributed by atoms with E-state index in [1.54, 1.807) is 0 Å². The molecule has 1 fully saturated rings. The number of hydrogen-bond donors (Lipinski definition) is 1. The van der Waals surface area contributed by atoms with Crippen molar-refractivity contribution in [2.24, 2.45) is 5.92 Å². The number of aliphatic hydroxyl groups excluding tert-OH is 1. The lowest BCUT2D eigenvalue weighted by Gasteiger charge is -1.90. The predicted octanol–water partition coefficient (Wildman–Crippen LogP) is -0.588. The minimum atomic E-state index is -2.85. The first kappa shape index (κ1) is 7.02. The van der Waals surface area contributed by atoms with Gasteiger partial charge in [0.25, 0.3) is 0 Å². The Kier molecular flexibility index (Phi) is 1.52. The van der Waals surface area contributed by atoms with E-state index in [0.29, 0.717) is 6.42 Å². The van der Waals surface area contributed by atoms with E-state index < -0.39 is 9.84 Å². The van der Waals surface area contributed by atoms with Crippen LogP contribution in [0.25, 0.3) is 0 Å². The molecule has 0 aromatic carbocycles. The molecule has 2 atom stereocenters. The van der Waals surface area contributed by atoms with Crippen LogP contribution in [-0.4, -0.2) is 31.6 Å². The van der Waals surface area contributed by atoms with Crippen LogP contribution in [0.1, 0.15) is 6.42 Å². The molecule has 0 unspecified atom stereocenters. The Hall–Kier alpha value is -0.0900. The van der Waals surface area contributed by atoms with Crippen molar-refractivity contribution in [3.05, 3.63) is 0 Å². The van der Waals surface area contributed by atoms with E-state index in [1.807, 2.05) is 0 Å². The van der Waals surface area contributed by atoms with Gasteiger partial charge in [-0.3, -0.25) is 0 Å². The van der Waals surface area contributed by atoms with E-state index in [-0.39, 0.29) is 17.8 Å². The predicted molar refractivity (Wildman–Crippen MR) is 33.8 cm³/mol. The summed E-state index contributed by atoms with van der Waals surface area (Å²) in [5, 5.41) is 8.23. The van der Waals surface area contributed by atoms with Gasteiger partial charge in [0.1, 0.15) is 0 Å². The lowest BCUT2D eigenvalue weighted by atomic mass is 10.5. The van der Waals surface area contributed by atoms with Crippen molar-refractivity contribution in [2.75, 3.05) is 12.9 Å². The van der Waals surface area contributed by atoms with Crippen molar-refractivity contribution in [2.45, 2.75) is 11.7 Å². The fraction of sp³-hybridized carbons (Fsp3) is 1.00. The number of aliphatic hydroxyl groups is 1. The fourth-order valence-electron chi connectivity index (χ4n) is 0.936. The summed E-state index contributed by atoms with van der Waals surface area (Å²) in [6.07, 6.45) is 1.86. The van der Waals surface area contributed by atoms with Crippen molar-refractivity contribution >= 4 is 9.84 Å². The van der Waals surface area contributed by atoms with Crippen molar-refractivity contribution < 1.29 is 13.5 Å². The van der Waals surface area contributed by atoms with Gasteiger partial charge in [0.15, 0.2) is 9.84 Å². The zero-order valence-electron chi connectivity index (χ0n) is 5.24. The molecule has 1 aliphatic rings. The molecule has 1 saturated carbocycles. The standard InChI is InChI=1S/C5H10O3S/c1-9(7,8)5-2-4(5)3-6/h4-6H,2-3H2,1H3/t4-,5-/m1/s1. The minimum absolute atomic E-state index is 0.0116. The van der Waals surface area contributed by atoms with Gasteiger partial charge in [0.2, 0.25) is 0 Å². The van der Waals surface area contributed by atoms with Gasteiger partial charge in [0, 0.05) is 12.9 Å². The summed E-state index contributed by atoms with van der Waals surface area (Å²) < 4.78 is 21.3. The number of sulfone groups is 1. The molecular weight excluding hydrogens is 140 g/mol. The van der Waals surface area contributed by atoms with E-state index in [4.69, 9.17) is 5.11 Å². The largest absolute Gasteiger partial charge is 0.396 e. The molecule has 1 N–H and O–H groups in total. The molecule has 0 aliphatic heterocycles. The first-order valence-electron chi connectivity index (χ1n) is 2.85. The van der Waals surface area contributed by atoms with Crippen LogP contribution in [0.15, 0.2) is 0 Å². The van der Waals surface area contributed by atoms with Gasteiger partial charge in [-0.05, 0) is 12.3 Å². The molecule has 4 heteroatoms. The van der Waals surface area contributed by atoms with Gasteiger partial charge < -0.3 is 5.11 Å². The van der Waals surface area contributed by atoms with E-state index in [0.717, 1.165) is 0 Å². The topological polar surface area (TPSA) is 54.4 Å². The fourth-order valence-corrected chi connectivity index (χ4v) is 2.32. The molecule has 1 rings (SSSR count). The molecule has 0 heterocycles. The average Bonchev–Trinajstić information content (AvgIpc) is 2.39. The molecule has 0 aromatic rings. The lowest BCUT2D eigenvalue weighted by molar-refractivity contribution is 0.277. The average molecular weight is 150 g/mol. The lowest BCUT2D eigenvalue weighted by Crippen LogP contribution is -2.06. The Labute approximate surface area is 54.6 Å². The van der Waals surface area contributed by atoms with Crippen molar-refractivity contribution in [1.29, 1.82) is 0 Å². The maximum Gasteiger partial charge on any atom is 0.150 e. The second-order valence-electron chi connectivity index (χ2n) is 2.55. The molecule has 9 heavy (non-hydrogen) atoms. The van der Waals surface area contributed by atoms with Crippen LogP contribution in [0.2, 0.25) is 0 Å². The highest BCUT2D eigenvalue weighted by atomic mass is 32.2. The zero-order chi connectivity index (χ0) is 7.07. The molecule has 0 saturated heterocycles.